The second-order valence-corrected chi connectivity index (χ2v) is 6.66. The first-order valence-corrected chi connectivity index (χ1v) is 7.98. The van der Waals surface area contributed by atoms with Gasteiger partial charge in [-0.15, -0.1) is 0 Å². The third kappa shape index (κ3) is 2.43. The molecule has 5 nitrogen and oxygen atoms in total. The summed E-state index contributed by atoms with van der Waals surface area (Å²) in [4.78, 5) is 7.82. The SMILES string of the molecule is CNS(=O)(=O)c1cccc(-c2cc3cc[nH]c3nc2C)c1. The quantitative estimate of drug-likeness (QED) is 0.780. The van der Waals surface area contributed by atoms with Gasteiger partial charge in [0, 0.05) is 22.8 Å². The van der Waals surface area contributed by atoms with Crippen molar-refractivity contribution in [3.8, 4) is 11.1 Å². The molecule has 0 radical (unpaired) electrons. The van der Waals surface area contributed by atoms with E-state index in [1.54, 1.807) is 18.2 Å². The van der Waals surface area contributed by atoms with Crippen molar-refractivity contribution in [1.29, 1.82) is 0 Å². The van der Waals surface area contributed by atoms with E-state index in [1.807, 2.05) is 31.3 Å². The van der Waals surface area contributed by atoms with Gasteiger partial charge in [-0.05, 0) is 43.8 Å². The van der Waals surface area contributed by atoms with Crippen molar-refractivity contribution in [1.82, 2.24) is 14.7 Å². The Kier molecular flexibility index (Phi) is 3.27. The van der Waals surface area contributed by atoms with Gasteiger partial charge in [-0.3, -0.25) is 0 Å². The Bertz CT molecular complexity index is 914. The fourth-order valence-corrected chi connectivity index (χ4v) is 3.09. The topological polar surface area (TPSA) is 74.8 Å². The van der Waals surface area contributed by atoms with Crippen molar-refractivity contribution in [2.24, 2.45) is 0 Å². The number of aromatic nitrogens is 2. The fraction of sp³-hybridized carbons (Fsp3) is 0.133. The fourth-order valence-electron chi connectivity index (χ4n) is 2.31. The first kappa shape index (κ1) is 13.8. The zero-order valence-corrected chi connectivity index (χ0v) is 12.5. The van der Waals surface area contributed by atoms with Crippen molar-refractivity contribution in [2.45, 2.75) is 11.8 Å². The molecule has 6 heteroatoms. The molecular formula is C15H15N3O2S. The Balaban J connectivity index is 2.19. The lowest BCUT2D eigenvalue weighted by molar-refractivity contribution is 0.588. The van der Waals surface area contributed by atoms with E-state index >= 15 is 0 Å². The van der Waals surface area contributed by atoms with Crippen LogP contribution in [0.3, 0.4) is 0 Å². The summed E-state index contributed by atoms with van der Waals surface area (Å²) in [6, 6.07) is 10.8. The van der Waals surface area contributed by atoms with Crippen LogP contribution < -0.4 is 4.72 Å². The second-order valence-electron chi connectivity index (χ2n) is 4.77. The predicted octanol–water partition coefficient (Wildman–Crippen LogP) is 2.45. The lowest BCUT2D eigenvalue weighted by atomic mass is 10.0. The highest BCUT2D eigenvalue weighted by Gasteiger charge is 2.13. The molecule has 2 N–H and O–H groups in total. The molecule has 3 rings (SSSR count). The smallest absolute Gasteiger partial charge is 0.240 e. The van der Waals surface area contributed by atoms with E-state index in [4.69, 9.17) is 0 Å². The van der Waals surface area contributed by atoms with Gasteiger partial charge in [0.2, 0.25) is 10.0 Å². The minimum atomic E-state index is -3.45. The molecule has 0 aliphatic heterocycles. The van der Waals surface area contributed by atoms with Gasteiger partial charge in [0.05, 0.1) is 4.90 Å². The minimum absolute atomic E-state index is 0.246. The van der Waals surface area contributed by atoms with Gasteiger partial charge in [-0.25, -0.2) is 18.1 Å². The van der Waals surface area contributed by atoms with Crippen LogP contribution in [0.1, 0.15) is 5.69 Å². The highest BCUT2D eigenvalue weighted by molar-refractivity contribution is 7.89. The summed E-state index contributed by atoms with van der Waals surface area (Å²) in [5, 5.41) is 0.998. The number of aromatic amines is 1. The lowest BCUT2D eigenvalue weighted by Gasteiger charge is -2.08. The van der Waals surface area contributed by atoms with Gasteiger partial charge in [0.15, 0.2) is 0 Å². The van der Waals surface area contributed by atoms with Crippen molar-refractivity contribution in [2.75, 3.05) is 7.05 Å². The van der Waals surface area contributed by atoms with Gasteiger partial charge in [-0.1, -0.05) is 12.1 Å². The van der Waals surface area contributed by atoms with Crippen molar-refractivity contribution >= 4 is 21.1 Å². The zero-order valence-electron chi connectivity index (χ0n) is 11.7. The van der Waals surface area contributed by atoms with E-state index in [1.165, 1.54) is 7.05 Å². The molecule has 3 aromatic rings. The van der Waals surface area contributed by atoms with Crippen LogP contribution in [0, 0.1) is 6.92 Å². The number of hydrogen-bond donors (Lipinski definition) is 2. The van der Waals surface area contributed by atoms with Crippen LogP contribution in [-0.2, 0) is 10.0 Å². The summed E-state index contributed by atoms with van der Waals surface area (Å²) < 4.78 is 26.1. The maximum absolute atomic E-state index is 11.9. The van der Waals surface area contributed by atoms with Gasteiger partial charge < -0.3 is 4.98 Å². The molecule has 1 aromatic carbocycles. The van der Waals surface area contributed by atoms with E-state index in [0.717, 1.165) is 27.9 Å². The maximum atomic E-state index is 11.9. The molecule has 0 aliphatic rings. The average molecular weight is 301 g/mol. The average Bonchev–Trinajstić information content (AvgIpc) is 2.93. The third-order valence-corrected chi connectivity index (χ3v) is 4.86. The molecule has 0 amide bonds. The normalized spacial score (nSPS) is 11.9. The molecule has 0 saturated carbocycles. The molecule has 2 heterocycles. The van der Waals surface area contributed by atoms with Crippen molar-refractivity contribution in [3.05, 3.63) is 48.3 Å². The number of pyridine rings is 1. The number of sulfonamides is 1. The molecule has 2 aromatic heterocycles. The molecule has 0 saturated heterocycles. The van der Waals surface area contributed by atoms with Crippen LogP contribution in [0.4, 0.5) is 0 Å². The largest absolute Gasteiger partial charge is 0.346 e. The molecule has 0 aliphatic carbocycles. The molecule has 0 bridgehead atoms. The van der Waals surface area contributed by atoms with Gasteiger partial charge >= 0.3 is 0 Å². The van der Waals surface area contributed by atoms with Gasteiger partial charge in [0.25, 0.3) is 0 Å². The minimum Gasteiger partial charge on any atom is -0.346 e. The summed E-state index contributed by atoms with van der Waals surface area (Å²) in [5.41, 5.74) is 3.44. The molecule has 21 heavy (non-hydrogen) atoms. The maximum Gasteiger partial charge on any atom is 0.240 e. The molecule has 0 atom stereocenters. The van der Waals surface area contributed by atoms with Crippen LogP contribution in [0.2, 0.25) is 0 Å². The van der Waals surface area contributed by atoms with E-state index in [-0.39, 0.29) is 4.90 Å². The van der Waals surface area contributed by atoms with Crippen molar-refractivity contribution in [3.63, 3.8) is 0 Å². The number of rotatable bonds is 3. The Morgan fingerprint density at radius 3 is 2.76 bits per heavy atom. The highest BCUT2D eigenvalue weighted by Crippen LogP contribution is 2.27. The van der Waals surface area contributed by atoms with Gasteiger partial charge in [0.1, 0.15) is 5.65 Å². The zero-order chi connectivity index (χ0) is 15.0. The van der Waals surface area contributed by atoms with E-state index in [0.29, 0.717) is 0 Å². The van der Waals surface area contributed by atoms with Crippen molar-refractivity contribution < 1.29 is 8.42 Å². The summed E-state index contributed by atoms with van der Waals surface area (Å²) in [5.74, 6) is 0. The Morgan fingerprint density at radius 2 is 2.00 bits per heavy atom. The molecule has 108 valence electrons. The number of nitrogens with one attached hydrogen (secondary N) is 2. The summed E-state index contributed by atoms with van der Waals surface area (Å²) in [7, 11) is -2.05. The monoisotopic (exact) mass is 301 g/mol. The first-order chi connectivity index (χ1) is 10.0. The van der Waals surface area contributed by atoms with E-state index < -0.39 is 10.0 Å². The van der Waals surface area contributed by atoms with Crippen LogP contribution in [0.5, 0.6) is 0 Å². The number of nitrogens with zero attached hydrogens (tertiary/aromatic N) is 1. The predicted molar refractivity (Wildman–Crippen MR) is 82.5 cm³/mol. The Labute approximate surface area is 123 Å². The van der Waals surface area contributed by atoms with Crippen LogP contribution in [-0.4, -0.2) is 25.4 Å². The second kappa shape index (κ2) is 4.98. The molecule has 0 unspecified atom stereocenters. The highest BCUT2D eigenvalue weighted by atomic mass is 32.2. The summed E-state index contributed by atoms with van der Waals surface area (Å²) in [6.45, 7) is 1.91. The lowest BCUT2D eigenvalue weighted by Crippen LogP contribution is -2.18. The van der Waals surface area contributed by atoms with Gasteiger partial charge in [-0.2, -0.15) is 0 Å². The molecular weight excluding hydrogens is 286 g/mol. The number of benzene rings is 1. The Morgan fingerprint density at radius 1 is 1.19 bits per heavy atom. The number of fused-ring (bicyclic) bond motifs is 1. The Hall–Kier alpha value is -2.18. The molecule has 0 spiro atoms. The third-order valence-electron chi connectivity index (χ3n) is 3.45. The summed E-state index contributed by atoms with van der Waals surface area (Å²) >= 11 is 0. The number of hydrogen-bond acceptors (Lipinski definition) is 3. The summed E-state index contributed by atoms with van der Waals surface area (Å²) in [6.07, 6.45) is 1.84. The van der Waals surface area contributed by atoms with Crippen LogP contribution in [0.15, 0.2) is 47.5 Å². The number of H-pyrrole nitrogens is 1. The van der Waals surface area contributed by atoms with Crippen LogP contribution >= 0.6 is 0 Å². The standard InChI is InChI=1S/C15H15N3O2S/c1-10-14(9-12-6-7-17-15(12)18-10)11-4-3-5-13(8-11)21(19,20)16-2/h3-9,16H,1-2H3,(H,17,18). The van der Waals surface area contributed by atoms with E-state index in [2.05, 4.69) is 14.7 Å². The number of aryl methyl sites for hydroxylation is 1. The van der Waals surface area contributed by atoms with E-state index in [9.17, 15) is 8.42 Å². The first-order valence-electron chi connectivity index (χ1n) is 6.50. The van der Waals surface area contributed by atoms with Crippen LogP contribution in [0.25, 0.3) is 22.2 Å². The molecule has 0 fully saturated rings.